The third-order valence-electron chi connectivity index (χ3n) is 5.86. The minimum absolute atomic E-state index is 0.0468. The van der Waals surface area contributed by atoms with E-state index in [0.29, 0.717) is 28.6 Å². The number of carbonyl (C=O) groups is 1. The van der Waals surface area contributed by atoms with Gasteiger partial charge in [0.2, 0.25) is 0 Å². The van der Waals surface area contributed by atoms with Gasteiger partial charge in [0, 0.05) is 40.3 Å². The Labute approximate surface area is 203 Å². The quantitative estimate of drug-likeness (QED) is 0.281. The summed E-state index contributed by atoms with van der Waals surface area (Å²) < 4.78 is 75.2. The second-order valence-corrected chi connectivity index (χ2v) is 8.22. The topological polar surface area (TPSA) is 51.5 Å². The molecule has 1 N–H and O–H groups in total. The summed E-state index contributed by atoms with van der Waals surface area (Å²) in [6, 6.07) is 12.3. The molecule has 1 aromatic heterocycles. The minimum Gasteiger partial charge on any atom is -0.488 e. The van der Waals surface area contributed by atoms with Gasteiger partial charge >= 0.3 is 12.1 Å². The van der Waals surface area contributed by atoms with E-state index in [0.717, 1.165) is 18.2 Å². The minimum atomic E-state index is -4.60. The van der Waals surface area contributed by atoms with Crippen molar-refractivity contribution < 1.29 is 36.6 Å². The van der Waals surface area contributed by atoms with Crippen molar-refractivity contribution in [3.8, 4) is 22.6 Å². The molecule has 0 aliphatic rings. The van der Waals surface area contributed by atoms with E-state index < -0.39 is 29.3 Å². The molecule has 4 rings (SSSR count). The Kier molecular flexibility index (Phi) is 6.58. The Hall–Kier alpha value is -4.14. The average Bonchev–Trinajstić information content (AvgIpc) is 3.18. The largest absolute Gasteiger partial charge is 0.488 e. The zero-order valence-corrected chi connectivity index (χ0v) is 19.2. The molecule has 36 heavy (non-hydrogen) atoms. The maximum Gasteiger partial charge on any atom is 0.416 e. The molecular weight excluding hydrogens is 481 g/mol. The van der Waals surface area contributed by atoms with Crippen LogP contribution < -0.4 is 4.74 Å². The van der Waals surface area contributed by atoms with Crippen LogP contribution in [0, 0.1) is 25.5 Å². The van der Waals surface area contributed by atoms with E-state index in [1.165, 1.54) is 18.2 Å². The number of alkyl halides is 3. The molecule has 0 aliphatic heterocycles. The zero-order chi connectivity index (χ0) is 26.2. The highest BCUT2D eigenvalue weighted by Crippen LogP contribution is 2.39. The predicted octanol–water partition coefficient (Wildman–Crippen LogP) is 7.34. The summed E-state index contributed by atoms with van der Waals surface area (Å²) in [7, 11) is 0. The molecule has 0 spiro atoms. The van der Waals surface area contributed by atoms with Gasteiger partial charge in [-0.25, -0.2) is 13.6 Å². The predicted molar refractivity (Wildman–Crippen MR) is 123 cm³/mol. The van der Waals surface area contributed by atoms with Crippen LogP contribution in [0.3, 0.4) is 0 Å². The molecule has 4 aromatic rings. The number of benzene rings is 3. The Morgan fingerprint density at radius 3 is 2.33 bits per heavy atom. The number of aryl methyl sites for hydroxylation is 1. The lowest BCUT2D eigenvalue weighted by atomic mass is 10.0. The molecule has 4 nitrogen and oxygen atoms in total. The highest BCUT2D eigenvalue weighted by molar-refractivity contribution is 5.89. The average molecular weight is 501 g/mol. The third kappa shape index (κ3) is 4.95. The highest BCUT2D eigenvalue weighted by atomic mass is 19.4. The van der Waals surface area contributed by atoms with Gasteiger partial charge in [0.25, 0.3) is 0 Å². The monoisotopic (exact) mass is 501 g/mol. The van der Waals surface area contributed by atoms with E-state index >= 15 is 0 Å². The van der Waals surface area contributed by atoms with Gasteiger partial charge in [-0.2, -0.15) is 13.2 Å². The lowest BCUT2D eigenvalue weighted by Gasteiger charge is -2.16. The third-order valence-corrected chi connectivity index (χ3v) is 5.86. The van der Waals surface area contributed by atoms with Crippen molar-refractivity contribution in [2.75, 3.05) is 0 Å². The van der Waals surface area contributed by atoms with Gasteiger partial charge in [0.1, 0.15) is 24.0 Å². The summed E-state index contributed by atoms with van der Waals surface area (Å²) in [5, 5.41) is 9.27. The van der Waals surface area contributed by atoms with Crippen LogP contribution in [-0.4, -0.2) is 15.6 Å². The fourth-order valence-corrected chi connectivity index (χ4v) is 3.95. The van der Waals surface area contributed by atoms with Crippen LogP contribution in [0.2, 0.25) is 0 Å². The van der Waals surface area contributed by atoms with E-state index in [4.69, 9.17) is 4.74 Å². The van der Waals surface area contributed by atoms with Crippen LogP contribution in [0.1, 0.15) is 32.7 Å². The van der Waals surface area contributed by atoms with Crippen molar-refractivity contribution in [3.63, 3.8) is 0 Å². The molecule has 0 saturated carbocycles. The van der Waals surface area contributed by atoms with Crippen LogP contribution in [-0.2, 0) is 12.8 Å². The number of carboxylic acids is 1. The number of aromatic nitrogens is 1. The number of nitrogens with zero attached hydrogens (tertiary/aromatic N) is 1. The van der Waals surface area contributed by atoms with E-state index in [2.05, 4.69) is 0 Å². The molecule has 1 heterocycles. The Morgan fingerprint density at radius 2 is 1.69 bits per heavy atom. The van der Waals surface area contributed by atoms with Gasteiger partial charge in [-0.1, -0.05) is 0 Å². The first-order chi connectivity index (χ1) is 17.0. The van der Waals surface area contributed by atoms with Gasteiger partial charge in [-0.05, 0) is 74.0 Å². The summed E-state index contributed by atoms with van der Waals surface area (Å²) in [4.78, 5) is 11.3. The SMILES string of the molecule is Cc1cc(-n2ccc(-c3cc(C(F)(F)F)ccc3OCc3ccc(F)cc3F)c2C)ccc1C(=O)O. The fraction of sp³-hybridized carbons (Fsp3) is 0.148. The summed E-state index contributed by atoms with van der Waals surface area (Å²) >= 11 is 0. The Balaban J connectivity index is 1.76. The molecule has 3 aromatic carbocycles. The molecular formula is C27H20F5NO3. The number of halogens is 5. The van der Waals surface area contributed by atoms with Gasteiger partial charge in [-0.15, -0.1) is 0 Å². The van der Waals surface area contributed by atoms with Gasteiger partial charge < -0.3 is 14.4 Å². The smallest absolute Gasteiger partial charge is 0.416 e. The summed E-state index contributed by atoms with van der Waals surface area (Å²) in [5.74, 6) is -2.56. The first kappa shape index (κ1) is 25.0. The van der Waals surface area contributed by atoms with Crippen molar-refractivity contribution in [3.05, 3.63) is 106 Å². The van der Waals surface area contributed by atoms with Gasteiger partial charge in [0.05, 0.1) is 11.1 Å². The lowest BCUT2D eigenvalue weighted by Crippen LogP contribution is -2.06. The zero-order valence-electron chi connectivity index (χ0n) is 19.2. The molecule has 0 fully saturated rings. The van der Waals surface area contributed by atoms with Crippen molar-refractivity contribution in [1.82, 2.24) is 4.57 Å². The highest BCUT2D eigenvalue weighted by Gasteiger charge is 2.31. The Morgan fingerprint density at radius 1 is 0.944 bits per heavy atom. The number of aromatic carboxylic acids is 1. The molecule has 0 atom stereocenters. The first-order valence-electron chi connectivity index (χ1n) is 10.8. The second-order valence-electron chi connectivity index (χ2n) is 8.22. The Bertz CT molecular complexity index is 1460. The van der Waals surface area contributed by atoms with Gasteiger partial charge in [0.15, 0.2) is 0 Å². The maximum absolute atomic E-state index is 14.1. The van der Waals surface area contributed by atoms with Crippen LogP contribution >= 0.6 is 0 Å². The maximum atomic E-state index is 14.1. The lowest BCUT2D eigenvalue weighted by molar-refractivity contribution is -0.137. The van der Waals surface area contributed by atoms with Crippen molar-refractivity contribution >= 4 is 5.97 Å². The van der Waals surface area contributed by atoms with Crippen LogP contribution in [0.4, 0.5) is 22.0 Å². The second kappa shape index (κ2) is 9.49. The fourth-order valence-electron chi connectivity index (χ4n) is 3.95. The number of ether oxygens (including phenoxy) is 1. The van der Waals surface area contributed by atoms with E-state index in [-0.39, 0.29) is 29.0 Å². The van der Waals surface area contributed by atoms with Gasteiger partial charge in [-0.3, -0.25) is 0 Å². The molecule has 0 unspecified atom stereocenters. The summed E-state index contributed by atoms with van der Waals surface area (Å²) in [6.45, 7) is 3.04. The van der Waals surface area contributed by atoms with Crippen molar-refractivity contribution in [2.24, 2.45) is 0 Å². The molecule has 0 bridgehead atoms. The summed E-state index contributed by atoms with van der Waals surface area (Å²) in [5.41, 5.74) is 1.62. The van der Waals surface area contributed by atoms with Crippen LogP contribution in [0.5, 0.6) is 5.75 Å². The molecule has 0 radical (unpaired) electrons. The normalized spacial score (nSPS) is 11.5. The van der Waals surface area contributed by atoms with E-state index in [1.54, 1.807) is 42.8 Å². The molecule has 9 heteroatoms. The standard InChI is InChI=1S/C27H20F5NO3/c1-15-11-20(6-7-21(15)26(34)35)33-10-9-22(16(33)2)23-12-18(27(30,31)32)4-8-25(23)36-14-17-3-5-19(28)13-24(17)29/h3-13H,14H2,1-2H3,(H,34,35). The number of carboxylic acid groups (broad SMARTS) is 1. The number of hydrogen-bond donors (Lipinski definition) is 1. The number of rotatable bonds is 6. The van der Waals surface area contributed by atoms with Crippen LogP contribution in [0.25, 0.3) is 16.8 Å². The molecule has 0 saturated heterocycles. The van der Waals surface area contributed by atoms with Crippen LogP contribution in [0.15, 0.2) is 66.9 Å². The molecule has 0 aliphatic carbocycles. The first-order valence-corrected chi connectivity index (χ1v) is 10.8. The molecule has 0 amide bonds. The van der Waals surface area contributed by atoms with E-state index in [9.17, 15) is 31.9 Å². The molecule has 186 valence electrons. The number of hydrogen-bond acceptors (Lipinski definition) is 2. The van der Waals surface area contributed by atoms with Crippen molar-refractivity contribution in [2.45, 2.75) is 26.6 Å². The van der Waals surface area contributed by atoms with Crippen molar-refractivity contribution in [1.29, 1.82) is 0 Å². The summed E-state index contributed by atoms with van der Waals surface area (Å²) in [6.07, 6.45) is -2.94. The van der Waals surface area contributed by atoms with E-state index in [1.807, 2.05) is 0 Å².